The molecular formula is C11H21NO6Si. The highest BCUT2D eigenvalue weighted by atomic mass is 28.4. The van der Waals surface area contributed by atoms with Gasteiger partial charge in [-0.25, -0.2) is 0 Å². The lowest BCUT2D eigenvalue weighted by Gasteiger charge is -2.26. The van der Waals surface area contributed by atoms with Crippen LogP contribution < -0.4 is 5.73 Å². The van der Waals surface area contributed by atoms with Crippen LogP contribution in [0, 0.1) is 0 Å². The molecule has 0 aromatic rings. The topological polar surface area (TPSA) is 105 Å². The fraction of sp³-hybridized carbons (Fsp3) is 0.727. The summed E-state index contributed by atoms with van der Waals surface area (Å²) >= 11 is 0. The molecule has 110 valence electrons. The molecule has 0 unspecified atom stereocenters. The summed E-state index contributed by atoms with van der Waals surface area (Å²) in [6.07, 6.45) is 0.270. The van der Waals surface area contributed by atoms with Crippen LogP contribution in [0.4, 0.5) is 0 Å². The van der Waals surface area contributed by atoms with Crippen molar-refractivity contribution in [2.75, 3.05) is 6.54 Å². The molecule has 2 N–H and O–H groups in total. The minimum Gasteiger partial charge on any atom is -0.455 e. The quantitative estimate of drug-likeness (QED) is 0.658. The molecular weight excluding hydrogens is 270 g/mol. The Bertz CT molecular complexity index is 288. The summed E-state index contributed by atoms with van der Waals surface area (Å²) in [6, 6.07) is 0.0240. The van der Waals surface area contributed by atoms with Gasteiger partial charge in [-0.1, -0.05) is 20.8 Å². The standard InChI is InChI=1S/C11H21NO6Si/c1-4-9(13)16-19(8-7-12,17-10(14)5-2)18-11(15)6-3/h4-8,12H2,1-3H3. The number of hydrogen-bond acceptors (Lipinski definition) is 7. The maximum absolute atomic E-state index is 11.4. The summed E-state index contributed by atoms with van der Waals surface area (Å²) in [7, 11) is -3.72. The van der Waals surface area contributed by atoms with E-state index in [4.69, 9.17) is 19.0 Å². The molecule has 0 saturated heterocycles. The van der Waals surface area contributed by atoms with Crippen LogP contribution in [-0.2, 0) is 27.7 Å². The van der Waals surface area contributed by atoms with E-state index in [9.17, 15) is 14.4 Å². The Morgan fingerprint density at radius 2 is 1.16 bits per heavy atom. The van der Waals surface area contributed by atoms with Crippen molar-refractivity contribution in [2.24, 2.45) is 5.73 Å². The average Bonchev–Trinajstić information content (AvgIpc) is 2.38. The van der Waals surface area contributed by atoms with Gasteiger partial charge in [-0.15, -0.1) is 0 Å². The van der Waals surface area contributed by atoms with E-state index in [1.54, 1.807) is 20.8 Å². The Labute approximate surface area is 113 Å². The molecule has 0 radical (unpaired) electrons. The fourth-order valence-electron chi connectivity index (χ4n) is 1.13. The molecule has 0 fully saturated rings. The van der Waals surface area contributed by atoms with Crippen LogP contribution in [0.1, 0.15) is 40.0 Å². The zero-order valence-corrected chi connectivity index (χ0v) is 12.6. The number of rotatable bonds is 8. The van der Waals surface area contributed by atoms with Gasteiger partial charge in [0.1, 0.15) is 0 Å². The third-order valence-corrected chi connectivity index (χ3v) is 4.64. The second kappa shape index (κ2) is 8.65. The Hall–Kier alpha value is -1.41. The maximum Gasteiger partial charge on any atom is 0.706 e. The van der Waals surface area contributed by atoms with Crippen molar-refractivity contribution in [3.63, 3.8) is 0 Å². The van der Waals surface area contributed by atoms with E-state index >= 15 is 0 Å². The molecule has 0 aromatic heterocycles. The van der Waals surface area contributed by atoms with Crippen molar-refractivity contribution < 1.29 is 27.7 Å². The van der Waals surface area contributed by atoms with Gasteiger partial charge in [0.2, 0.25) is 0 Å². The average molecular weight is 291 g/mol. The zero-order valence-electron chi connectivity index (χ0n) is 11.6. The van der Waals surface area contributed by atoms with E-state index in [2.05, 4.69) is 0 Å². The van der Waals surface area contributed by atoms with Crippen molar-refractivity contribution in [1.82, 2.24) is 0 Å². The highest BCUT2D eigenvalue weighted by Crippen LogP contribution is 2.18. The summed E-state index contributed by atoms with van der Waals surface area (Å²) in [6.45, 7) is 4.85. The largest absolute Gasteiger partial charge is 0.706 e. The lowest BCUT2D eigenvalue weighted by molar-refractivity contribution is -0.150. The Morgan fingerprint density at radius 1 is 0.842 bits per heavy atom. The van der Waals surface area contributed by atoms with Crippen LogP contribution in [0.5, 0.6) is 0 Å². The summed E-state index contributed by atoms with van der Waals surface area (Å²) in [4.78, 5) is 34.3. The van der Waals surface area contributed by atoms with Gasteiger partial charge in [-0.2, -0.15) is 0 Å². The Kier molecular flexibility index (Phi) is 8.00. The minimum absolute atomic E-state index is 0.0240. The summed E-state index contributed by atoms with van der Waals surface area (Å²) in [5, 5.41) is 0. The molecule has 0 rings (SSSR count). The first-order valence-electron chi connectivity index (χ1n) is 6.28. The van der Waals surface area contributed by atoms with Gasteiger partial charge in [0, 0.05) is 25.8 Å². The van der Waals surface area contributed by atoms with Crippen LogP contribution in [0.15, 0.2) is 0 Å². The van der Waals surface area contributed by atoms with Gasteiger partial charge < -0.3 is 19.0 Å². The lowest BCUT2D eigenvalue weighted by Crippen LogP contribution is -2.51. The van der Waals surface area contributed by atoms with Crippen LogP contribution in [0.25, 0.3) is 0 Å². The zero-order chi connectivity index (χ0) is 14.9. The smallest absolute Gasteiger partial charge is 0.455 e. The van der Waals surface area contributed by atoms with Crippen LogP contribution >= 0.6 is 0 Å². The van der Waals surface area contributed by atoms with Crippen molar-refractivity contribution in [2.45, 2.75) is 46.1 Å². The van der Waals surface area contributed by atoms with E-state index < -0.39 is 26.7 Å². The summed E-state index contributed by atoms with van der Waals surface area (Å²) in [5.74, 6) is -1.77. The molecule has 0 aliphatic heterocycles. The number of nitrogens with two attached hydrogens (primary N) is 1. The predicted molar refractivity (Wildman–Crippen MR) is 68.8 cm³/mol. The molecule has 7 nitrogen and oxygen atoms in total. The second-order valence-electron chi connectivity index (χ2n) is 3.70. The fourth-order valence-corrected chi connectivity index (χ4v) is 3.39. The molecule has 19 heavy (non-hydrogen) atoms. The maximum atomic E-state index is 11.4. The third kappa shape index (κ3) is 6.34. The first-order chi connectivity index (χ1) is 8.92. The minimum atomic E-state index is -3.72. The van der Waals surface area contributed by atoms with Crippen LogP contribution in [0.3, 0.4) is 0 Å². The SMILES string of the molecule is CCC(=O)O[Si](CCN)(OC(=O)CC)OC(=O)CC. The van der Waals surface area contributed by atoms with Crippen molar-refractivity contribution >= 4 is 26.7 Å². The van der Waals surface area contributed by atoms with E-state index in [0.29, 0.717) is 0 Å². The van der Waals surface area contributed by atoms with Gasteiger partial charge >= 0.3 is 8.80 Å². The van der Waals surface area contributed by atoms with Crippen molar-refractivity contribution in [3.05, 3.63) is 0 Å². The van der Waals surface area contributed by atoms with Gasteiger partial charge in [0.05, 0.1) is 6.04 Å². The monoisotopic (exact) mass is 291 g/mol. The molecule has 0 amide bonds. The van der Waals surface area contributed by atoms with Gasteiger partial charge in [-0.3, -0.25) is 14.4 Å². The molecule has 0 spiro atoms. The van der Waals surface area contributed by atoms with Crippen molar-refractivity contribution in [1.29, 1.82) is 0 Å². The Morgan fingerprint density at radius 3 is 1.37 bits per heavy atom. The number of carbonyl (C=O) groups is 3. The van der Waals surface area contributed by atoms with Crippen LogP contribution in [-0.4, -0.2) is 33.3 Å². The molecule has 0 aromatic carbocycles. The highest BCUT2D eigenvalue weighted by molar-refractivity contribution is 6.65. The summed E-state index contributed by atoms with van der Waals surface area (Å²) in [5.41, 5.74) is 5.43. The number of carbonyl (C=O) groups excluding carboxylic acids is 3. The van der Waals surface area contributed by atoms with Gasteiger partial charge in [0.15, 0.2) is 0 Å². The molecule has 0 bridgehead atoms. The molecule has 0 aliphatic rings. The van der Waals surface area contributed by atoms with Crippen molar-refractivity contribution in [3.8, 4) is 0 Å². The number of hydrogen-bond donors (Lipinski definition) is 1. The first kappa shape index (κ1) is 17.6. The molecule has 0 heterocycles. The van der Waals surface area contributed by atoms with E-state index in [0.717, 1.165) is 0 Å². The second-order valence-corrected chi connectivity index (χ2v) is 6.18. The van der Waals surface area contributed by atoms with Gasteiger partial charge in [0.25, 0.3) is 17.9 Å². The molecule has 8 heteroatoms. The first-order valence-corrected chi connectivity index (χ1v) is 8.21. The lowest BCUT2D eigenvalue weighted by atomic mass is 10.5. The third-order valence-electron chi connectivity index (χ3n) is 2.12. The van der Waals surface area contributed by atoms with E-state index in [1.807, 2.05) is 0 Å². The molecule has 0 aliphatic carbocycles. The van der Waals surface area contributed by atoms with Gasteiger partial charge in [-0.05, 0) is 0 Å². The Balaban J connectivity index is 5.12. The van der Waals surface area contributed by atoms with Crippen LogP contribution in [0.2, 0.25) is 6.04 Å². The van der Waals surface area contributed by atoms with E-state index in [1.165, 1.54) is 0 Å². The summed E-state index contributed by atoms with van der Waals surface area (Å²) < 4.78 is 15.3. The normalized spacial score (nSPS) is 10.7. The molecule has 0 saturated carbocycles. The molecule has 0 atom stereocenters. The highest BCUT2D eigenvalue weighted by Gasteiger charge is 2.51. The predicted octanol–water partition coefficient (Wildman–Crippen LogP) is 0.744. The van der Waals surface area contributed by atoms with E-state index in [-0.39, 0.29) is 31.9 Å².